The SMILES string of the molecule is CCCNC(CC)c1ccc(-c2cc(OC)ccc2Cl)s1. The van der Waals surface area contributed by atoms with Crippen LogP contribution in [0.4, 0.5) is 0 Å². The van der Waals surface area contributed by atoms with Gasteiger partial charge in [0.15, 0.2) is 0 Å². The molecule has 0 aliphatic heterocycles. The van der Waals surface area contributed by atoms with Gasteiger partial charge < -0.3 is 10.1 Å². The minimum Gasteiger partial charge on any atom is -0.497 e. The number of benzene rings is 1. The molecule has 0 saturated heterocycles. The van der Waals surface area contributed by atoms with Gasteiger partial charge in [-0.15, -0.1) is 11.3 Å². The van der Waals surface area contributed by atoms with E-state index in [1.165, 1.54) is 9.75 Å². The van der Waals surface area contributed by atoms with Gasteiger partial charge >= 0.3 is 0 Å². The van der Waals surface area contributed by atoms with Crippen LogP contribution in [0, 0.1) is 0 Å². The van der Waals surface area contributed by atoms with Gasteiger partial charge in [0, 0.05) is 26.4 Å². The first-order valence-electron chi connectivity index (χ1n) is 7.36. The van der Waals surface area contributed by atoms with E-state index < -0.39 is 0 Å². The average Bonchev–Trinajstić information content (AvgIpc) is 2.98. The van der Waals surface area contributed by atoms with E-state index in [1.807, 2.05) is 18.2 Å². The Morgan fingerprint density at radius 1 is 1.24 bits per heavy atom. The van der Waals surface area contributed by atoms with E-state index in [9.17, 15) is 0 Å². The molecule has 4 heteroatoms. The maximum absolute atomic E-state index is 6.33. The summed E-state index contributed by atoms with van der Waals surface area (Å²) in [6.45, 7) is 5.45. The van der Waals surface area contributed by atoms with Gasteiger partial charge in [0.25, 0.3) is 0 Å². The van der Waals surface area contributed by atoms with Crippen molar-refractivity contribution in [2.75, 3.05) is 13.7 Å². The molecule has 0 spiro atoms. The summed E-state index contributed by atoms with van der Waals surface area (Å²) < 4.78 is 5.29. The molecule has 1 aromatic carbocycles. The maximum Gasteiger partial charge on any atom is 0.119 e. The second kappa shape index (κ2) is 7.83. The fourth-order valence-corrected chi connectivity index (χ4v) is 3.74. The van der Waals surface area contributed by atoms with E-state index in [4.69, 9.17) is 16.3 Å². The Hall–Kier alpha value is -1.03. The first-order valence-corrected chi connectivity index (χ1v) is 8.56. The molecule has 0 saturated carbocycles. The van der Waals surface area contributed by atoms with Gasteiger partial charge in [0.1, 0.15) is 5.75 Å². The van der Waals surface area contributed by atoms with E-state index in [0.29, 0.717) is 6.04 Å². The number of hydrogen-bond donors (Lipinski definition) is 1. The van der Waals surface area contributed by atoms with Crippen LogP contribution in [-0.2, 0) is 0 Å². The molecular weight excluding hydrogens is 302 g/mol. The summed E-state index contributed by atoms with van der Waals surface area (Å²) in [7, 11) is 1.68. The van der Waals surface area contributed by atoms with Gasteiger partial charge in [-0.05, 0) is 49.7 Å². The predicted octanol–water partition coefficient (Wildman–Crippen LogP) is 5.53. The summed E-state index contributed by atoms with van der Waals surface area (Å²) in [4.78, 5) is 2.55. The third-order valence-corrected chi connectivity index (χ3v) is 5.02. The van der Waals surface area contributed by atoms with E-state index in [0.717, 1.165) is 35.7 Å². The van der Waals surface area contributed by atoms with Crippen molar-refractivity contribution in [1.29, 1.82) is 0 Å². The summed E-state index contributed by atoms with van der Waals surface area (Å²) in [6, 6.07) is 10.6. The number of hydrogen-bond acceptors (Lipinski definition) is 3. The van der Waals surface area contributed by atoms with Crippen LogP contribution in [0.25, 0.3) is 10.4 Å². The Balaban J connectivity index is 2.26. The summed E-state index contributed by atoms with van der Waals surface area (Å²) in [6.07, 6.45) is 2.24. The van der Waals surface area contributed by atoms with Crippen LogP contribution < -0.4 is 10.1 Å². The Bertz CT molecular complexity index is 582. The quantitative estimate of drug-likeness (QED) is 0.723. The molecule has 0 bridgehead atoms. The first-order chi connectivity index (χ1) is 10.2. The summed E-state index contributed by atoms with van der Waals surface area (Å²) in [5.74, 6) is 0.834. The van der Waals surface area contributed by atoms with E-state index in [1.54, 1.807) is 18.4 Å². The Labute approximate surface area is 136 Å². The second-order valence-electron chi connectivity index (χ2n) is 4.96. The predicted molar refractivity (Wildman–Crippen MR) is 92.6 cm³/mol. The lowest BCUT2D eigenvalue weighted by Gasteiger charge is -2.14. The van der Waals surface area contributed by atoms with E-state index >= 15 is 0 Å². The zero-order valence-corrected chi connectivity index (χ0v) is 14.4. The molecule has 0 fully saturated rings. The minimum absolute atomic E-state index is 0.424. The molecule has 1 atom stereocenters. The lowest BCUT2D eigenvalue weighted by Crippen LogP contribution is -2.20. The van der Waals surface area contributed by atoms with Crippen LogP contribution in [0.2, 0.25) is 5.02 Å². The lowest BCUT2D eigenvalue weighted by atomic mass is 10.1. The van der Waals surface area contributed by atoms with Gasteiger partial charge in [0.2, 0.25) is 0 Å². The van der Waals surface area contributed by atoms with Gasteiger partial charge in [0.05, 0.1) is 7.11 Å². The van der Waals surface area contributed by atoms with Crippen LogP contribution in [0.3, 0.4) is 0 Å². The third kappa shape index (κ3) is 4.00. The number of thiophene rings is 1. The minimum atomic E-state index is 0.424. The number of halogens is 1. The molecule has 0 aliphatic rings. The molecule has 1 heterocycles. The number of nitrogens with one attached hydrogen (secondary N) is 1. The standard InChI is InChI=1S/C17H22ClNOS/c1-4-10-19-15(5-2)17-9-8-16(21-17)13-11-12(20-3)6-7-14(13)18/h6-9,11,15,19H,4-5,10H2,1-3H3. The molecule has 21 heavy (non-hydrogen) atoms. The molecule has 1 unspecified atom stereocenters. The smallest absolute Gasteiger partial charge is 0.119 e. The largest absolute Gasteiger partial charge is 0.497 e. The molecule has 2 aromatic rings. The zero-order valence-electron chi connectivity index (χ0n) is 12.8. The fraction of sp³-hybridized carbons (Fsp3) is 0.412. The van der Waals surface area contributed by atoms with Gasteiger partial charge in [-0.3, -0.25) is 0 Å². The number of ether oxygens (including phenoxy) is 1. The molecule has 0 aliphatic carbocycles. The van der Waals surface area contributed by atoms with E-state index in [-0.39, 0.29) is 0 Å². The highest BCUT2D eigenvalue weighted by atomic mass is 35.5. The normalized spacial score (nSPS) is 12.4. The molecule has 1 aromatic heterocycles. The maximum atomic E-state index is 6.33. The molecule has 114 valence electrons. The second-order valence-corrected chi connectivity index (χ2v) is 6.49. The molecular formula is C17H22ClNOS. The monoisotopic (exact) mass is 323 g/mol. The molecule has 2 rings (SSSR count). The molecule has 0 amide bonds. The van der Waals surface area contributed by atoms with Crippen LogP contribution in [0.1, 0.15) is 37.6 Å². The van der Waals surface area contributed by atoms with E-state index in [2.05, 4.69) is 31.3 Å². The van der Waals surface area contributed by atoms with Crippen molar-refractivity contribution in [3.05, 3.63) is 40.2 Å². The Kier molecular flexibility index (Phi) is 6.09. The van der Waals surface area contributed by atoms with Gasteiger partial charge in [-0.1, -0.05) is 25.4 Å². The average molecular weight is 324 g/mol. The summed E-state index contributed by atoms with van der Waals surface area (Å²) in [5, 5.41) is 4.35. The molecule has 0 radical (unpaired) electrons. The van der Waals surface area contributed by atoms with Crippen LogP contribution in [-0.4, -0.2) is 13.7 Å². The van der Waals surface area contributed by atoms with Crippen LogP contribution in [0.5, 0.6) is 5.75 Å². The van der Waals surface area contributed by atoms with Crippen molar-refractivity contribution in [3.63, 3.8) is 0 Å². The topological polar surface area (TPSA) is 21.3 Å². The number of methoxy groups -OCH3 is 1. The highest BCUT2D eigenvalue weighted by Gasteiger charge is 2.13. The van der Waals surface area contributed by atoms with Crippen molar-refractivity contribution in [3.8, 4) is 16.2 Å². The molecule has 2 nitrogen and oxygen atoms in total. The molecule has 1 N–H and O–H groups in total. The zero-order chi connectivity index (χ0) is 15.2. The van der Waals surface area contributed by atoms with Crippen LogP contribution in [0.15, 0.2) is 30.3 Å². The van der Waals surface area contributed by atoms with Gasteiger partial charge in [-0.25, -0.2) is 0 Å². The lowest BCUT2D eigenvalue weighted by molar-refractivity contribution is 0.415. The van der Waals surface area contributed by atoms with Crippen LogP contribution >= 0.6 is 22.9 Å². The van der Waals surface area contributed by atoms with Crippen molar-refractivity contribution in [2.24, 2.45) is 0 Å². The summed E-state index contributed by atoms with van der Waals surface area (Å²) in [5.41, 5.74) is 1.04. The summed E-state index contributed by atoms with van der Waals surface area (Å²) >= 11 is 8.13. The number of rotatable bonds is 7. The highest BCUT2D eigenvalue weighted by molar-refractivity contribution is 7.15. The van der Waals surface area contributed by atoms with Crippen molar-refractivity contribution < 1.29 is 4.74 Å². The Morgan fingerprint density at radius 3 is 2.71 bits per heavy atom. The van der Waals surface area contributed by atoms with Crippen molar-refractivity contribution in [2.45, 2.75) is 32.7 Å². The first kappa shape index (κ1) is 16.3. The van der Waals surface area contributed by atoms with Crippen molar-refractivity contribution >= 4 is 22.9 Å². The van der Waals surface area contributed by atoms with Crippen molar-refractivity contribution in [1.82, 2.24) is 5.32 Å². The fourth-order valence-electron chi connectivity index (χ4n) is 2.27. The van der Waals surface area contributed by atoms with Gasteiger partial charge in [-0.2, -0.15) is 0 Å². The Morgan fingerprint density at radius 2 is 2.05 bits per heavy atom. The highest BCUT2D eigenvalue weighted by Crippen LogP contribution is 2.37. The third-order valence-electron chi connectivity index (χ3n) is 3.46.